The Hall–Kier alpha value is -1.89. The van der Waals surface area contributed by atoms with Gasteiger partial charge in [0, 0.05) is 24.8 Å². The van der Waals surface area contributed by atoms with Gasteiger partial charge in [0.15, 0.2) is 0 Å². The summed E-state index contributed by atoms with van der Waals surface area (Å²) >= 11 is 5.70. The van der Waals surface area contributed by atoms with E-state index < -0.39 is 0 Å². The van der Waals surface area contributed by atoms with E-state index in [1.165, 1.54) is 0 Å². The summed E-state index contributed by atoms with van der Waals surface area (Å²) in [5, 5.41) is 7.46. The molecule has 8 heteroatoms. The SMILES string of the molecule is Cc1nn(C)c(C)c1CNc1nc(N)nc(Cl)n1. The Bertz CT molecular complexity index is 558. The normalized spacial score (nSPS) is 10.7. The first-order valence-electron chi connectivity index (χ1n) is 5.37. The molecule has 2 aromatic rings. The van der Waals surface area contributed by atoms with Crippen molar-refractivity contribution in [1.29, 1.82) is 0 Å². The predicted octanol–water partition coefficient (Wildman–Crippen LogP) is 1.07. The maximum atomic E-state index is 5.70. The van der Waals surface area contributed by atoms with Crippen LogP contribution in [0.15, 0.2) is 0 Å². The van der Waals surface area contributed by atoms with Crippen LogP contribution in [0.2, 0.25) is 5.28 Å². The molecule has 7 nitrogen and oxygen atoms in total. The van der Waals surface area contributed by atoms with Crippen molar-refractivity contribution in [2.45, 2.75) is 20.4 Å². The van der Waals surface area contributed by atoms with Crippen molar-refractivity contribution < 1.29 is 0 Å². The quantitative estimate of drug-likeness (QED) is 0.864. The first-order chi connectivity index (χ1) is 8.47. The number of aromatic nitrogens is 5. The maximum Gasteiger partial charge on any atom is 0.229 e. The molecule has 0 aliphatic heterocycles. The van der Waals surface area contributed by atoms with E-state index in [1.807, 2.05) is 25.6 Å². The zero-order chi connectivity index (χ0) is 13.3. The van der Waals surface area contributed by atoms with Crippen LogP contribution in [0.4, 0.5) is 11.9 Å². The highest BCUT2D eigenvalue weighted by Crippen LogP contribution is 2.14. The second kappa shape index (κ2) is 4.77. The third kappa shape index (κ3) is 2.51. The van der Waals surface area contributed by atoms with Crippen LogP contribution in [0.25, 0.3) is 0 Å². The minimum Gasteiger partial charge on any atom is -0.368 e. The largest absolute Gasteiger partial charge is 0.368 e. The lowest BCUT2D eigenvalue weighted by Gasteiger charge is -2.05. The van der Waals surface area contributed by atoms with Gasteiger partial charge in [-0.2, -0.15) is 20.1 Å². The molecule has 3 N–H and O–H groups in total. The number of hydrogen-bond acceptors (Lipinski definition) is 6. The van der Waals surface area contributed by atoms with Gasteiger partial charge in [-0.25, -0.2) is 0 Å². The topological polar surface area (TPSA) is 94.5 Å². The Balaban J connectivity index is 2.16. The van der Waals surface area contributed by atoms with Gasteiger partial charge in [-0.1, -0.05) is 0 Å². The fourth-order valence-electron chi connectivity index (χ4n) is 1.69. The number of nitrogens with one attached hydrogen (secondary N) is 1. The third-order valence-electron chi connectivity index (χ3n) is 2.71. The first-order valence-corrected chi connectivity index (χ1v) is 5.75. The molecule has 0 fully saturated rings. The average molecular weight is 268 g/mol. The van der Waals surface area contributed by atoms with Crippen LogP contribution in [0.5, 0.6) is 0 Å². The highest BCUT2D eigenvalue weighted by molar-refractivity contribution is 6.28. The molecule has 0 amide bonds. The number of halogens is 1. The standard InChI is InChI=1S/C10H14ClN7/c1-5-7(6(2)18(3)17-5)4-13-10-15-8(11)14-9(12)16-10/h4H2,1-3H3,(H3,12,13,14,15,16). The molecule has 0 bridgehead atoms. The van der Waals surface area contributed by atoms with E-state index in [-0.39, 0.29) is 11.2 Å². The molecule has 0 aliphatic carbocycles. The molecule has 0 radical (unpaired) electrons. The van der Waals surface area contributed by atoms with E-state index in [1.54, 1.807) is 0 Å². The summed E-state index contributed by atoms with van der Waals surface area (Å²) in [5.41, 5.74) is 8.65. The predicted molar refractivity (Wildman–Crippen MR) is 69.3 cm³/mol. The molecular weight excluding hydrogens is 254 g/mol. The van der Waals surface area contributed by atoms with E-state index in [2.05, 4.69) is 25.4 Å². The maximum absolute atomic E-state index is 5.70. The summed E-state index contributed by atoms with van der Waals surface area (Å²) in [6.45, 7) is 4.52. The van der Waals surface area contributed by atoms with Crippen LogP contribution in [0, 0.1) is 13.8 Å². The lowest BCUT2D eigenvalue weighted by Crippen LogP contribution is -2.08. The second-order valence-electron chi connectivity index (χ2n) is 3.91. The molecule has 18 heavy (non-hydrogen) atoms. The number of nitrogens with two attached hydrogens (primary N) is 1. The first kappa shape index (κ1) is 12.6. The molecule has 0 aliphatic rings. The van der Waals surface area contributed by atoms with Crippen LogP contribution in [0.3, 0.4) is 0 Å². The second-order valence-corrected chi connectivity index (χ2v) is 4.25. The zero-order valence-electron chi connectivity index (χ0n) is 10.4. The van der Waals surface area contributed by atoms with Gasteiger partial charge in [0.1, 0.15) is 0 Å². The molecule has 2 heterocycles. The highest BCUT2D eigenvalue weighted by atomic mass is 35.5. The molecule has 96 valence electrons. The van der Waals surface area contributed by atoms with Crippen LogP contribution >= 0.6 is 11.6 Å². The zero-order valence-corrected chi connectivity index (χ0v) is 11.2. The summed E-state index contributed by atoms with van der Waals surface area (Å²) < 4.78 is 1.83. The summed E-state index contributed by atoms with van der Waals surface area (Å²) in [6.07, 6.45) is 0. The van der Waals surface area contributed by atoms with Gasteiger partial charge in [-0.15, -0.1) is 0 Å². The molecule has 0 saturated carbocycles. The Kier molecular flexibility index (Phi) is 3.33. The van der Waals surface area contributed by atoms with Crippen molar-refractivity contribution in [2.75, 3.05) is 11.1 Å². The number of rotatable bonds is 3. The van der Waals surface area contributed by atoms with Gasteiger partial charge in [0.05, 0.1) is 5.69 Å². The van der Waals surface area contributed by atoms with E-state index in [9.17, 15) is 0 Å². The number of anilines is 2. The van der Waals surface area contributed by atoms with Crippen molar-refractivity contribution in [3.8, 4) is 0 Å². The molecular formula is C10H14ClN7. The molecule has 0 saturated heterocycles. The Morgan fingerprint density at radius 3 is 2.56 bits per heavy atom. The molecule has 0 spiro atoms. The van der Waals surface area contributed by atoms with Crippen LogP contribution in [0.1, 0.15) is 17.0 Å². The number of nitrogen functional groups attached to an aromatic ring is 1. The van der Waals surface area contributed by atoms with Crippen LogP contribution in [-0.4, -0.2) is 24.7 Å². The van der Waals surface area contributed by atoms with Gasteiger partial charge in [-0.05, 0) is 25.4 Å². The van der Waals surface area contributed by atoms with Gasteiger partial charge < -0.3 is 11.1 Å². The van der Waals surface area contributed by atoms with E-state index in [4.69, 9.17) is 17.3 Å². The van der Waals surface area contributed by atoms with E-state index in [0.717, 1.165) is 17.0 Å². The molecule has 0 unspecified atom stereocenters. The van der Waals surface area contributed by atoms with Gasteiger partial charge in [0.25, 0.3) is 0 Å². The lowest BCUT2D eigenvalue weighted by molar-refractivity contribution is 0.730. The third-order valence-corrected chi connectivity index (χ3v) is 2.88. The average Bonchev–Trinajstić information content (AvgIpc) is 2.50. The van der Waals surface area contributed by atoms with E-state index >= 15 is 0 Å². The smallest absolute Gasteiger partial charge is 0.229 e. The van der Waals surface area contributed by atoms with E-state index in [0.29, 0.717) is 12.5 Å². The minimum absolute atomic E-state index is 0.0737. The monoisotopic (exact) mass is 267 g/mol. The summed E-state index contributed by atoms with van der Waals surface area (Å²) in [4.78, 5) is 11.6. The summed E-state index contributed by atoms with van der Waals surface area (Å²) in [5.74, 6) is 0.451. The van der Waals surface area contributed by atoms with Crippen molar-refractivity contribution >= 4 is 23.5 Å². The fourth-order valence-corrected chi connectivity index (χ4v) is 1.85. The number of aryl methyl sites for hydroxylation is 2. The van der Waals surface area contributed by atoms with Crippen molar-refractivity contribution in [2.24, 2.45) is 7.05 Å². The van der Waals surface area contributed by atoms with Gasteiger partial charge >= 0.3 is 0 Å². The highest BCUT2D eigenvalue weighted by Gasteiger charge is 2.10. The molecule has 0 aromatic carbocycles. The van der Waals surface area contributed by atoms with Gasteiger partial charge in [0.2, 0.25) is 17.2 Å². The van der Waals surface area contributed by atoms with Crippen molar-refractivity contribution in [3.63, 3.8) is 0 Å². The molecule has 0 atom stereocenters. The number of hydrogen-bond donors (Lipinski definition) is 2. The minimum atomic E-state index is 0.0737. The Labute approximate surface area is 109 Å². The van der Waals surface area contributed by atoms with Crippen molar-refractivity contribution in [3.05, 3.63) is 22.2 Å². The summed E-state index contributed by atoms with van der Waals surface area (Å²) in [7, 11) is 1.91. The fraction of sp³-hybridized carbons (Fsp3) is 0.400. The molecule has 2 rings (SSSR count). The van der Waals surface area contributed by atoms with Crippen LogP contribution < -0.4 is 11.1 Å². The van der Waals surface area contributed by atoms with Gasteiger partial charge in [-0.3, -0.25) is 4.68 Å². The lowest BCUT2D eigenvalue weighted by atomic mass is 10.2. The van der Waals surface area contributed by atoms with Crippen LogP contribution in [-0.2, 0) is 13.6 Å². The number of nitrogens with zero attached hydrogens (tertiary/aromatic N) is 5. The van der Waals surface area contributed by atoms with Crippen molar-refractivity contribution in [1.82, 2.24) is 24.7 Å². The Morgan fingerprint density at radius 1 is 1.28 bits per heavy atom. The Morgan fingerprint density at radius 2 is 2.00 bits per heavy atom. The molecule has 2 aromatic heterocycles. The summed E-state index contributed by atoms with van der Waals surface area (Å²) in [6, 6.07) is 0.